The summed E-state index contributed by atoms with van der Waals surface area (Å²) < 4.78 is 16.8. The number of hydrogen-bond acceptors (Lipinski definition) is 9. The lowest BCUT2D eigenvalue weighted by molar-refractivity contribution is -0.139. The molecule has 1 aliphatic rings. The Kier molecular flexibility index (Phi) is 7.97. The molecule has 3 rings (SSSR count). The largest absolute Gasteiger partial charge is 0.497 e. The molecule has 0 radical (unpaired) electrons. The molecule has 11 nitrogen and oxygen atoms in total. The second-order valence-electron chi connectivity index (χ2n) is 11.2. The Morgan fingerprint density at radius 2 is 1.78 bits per heavy atom. The molecule has 4 atom stereocenters. The number of ether oxygens (including phenoxy) is 3. The highest BCUT2D eigenvalue weighted by atomic mass is 16.6. The number of aromatic nitrogens is 2. The van der Waals surface area contributed by atoms with Gasteiger partial charge in [-0.3, -0.25) is 14.9 Å². The lowest BCUT2D eigenvalue weighted by Crippen LogP contribution is -2.58. The normalized spacial score (nSPS) is 20.8. The van der Waals surface area contributed by atoms with Crippen LogP contribution in [-0.4, -0.2) is 69.9 Å². The topological polar surface area (TPSA) is 149 Å². The van der Waals surface area contributed by atoms with Crippen molar-refractivity contribution in [3.05, 3.63) is 23.9 Å². The number of carboxylic acids is 1. The zero-order valence-corrected chi connectivity index (χ0v) is 22.5. The van der Waals surface area contributed by atoms with Crippen molar-refractivity contribution in [2.24, 2.45) is 5.41 Å². The summed E-state index contributed by atoms with van der Waals surface area (Å²) in [5.41, 5.74) is 0.206. The summed E-state index contributed by atoms with van der Waals surface area (Å²) in [6.07, 6.45) is -1.59. The first-order valence-electron chi connectivity index (χ1n) is 12.1. The van der Waals surface area contributed by atoms with Gasteiger partial charge in [-0.2, -0.15) is 0 Å². The molecule has 202 valence electrons. The maximum Gasteiger partial charge on any atom is 0.408 e. The number of nitrogens with one attached hydrogen (secondary N) is 2. The first-order chi connectivity index (χ1) is 17.1. The van der Waals surface area contributed by atoms with Crippen molar-refractivity contribution >= 4 is 28.9 Å². The van der Waals surface area contributed by atoms with Gasteiger partial charge in [0.2, 0.25) is 5.88 Å². The number of Topliss-reactive ketones (excluding diaryl/α,β-unsaturated/α-hetero) is 1. The number of hydrogen-bond donors (Lipinski definition) is 3. The van der Waals surface area contributed by atoms with E-state index in [1.807, 2.05) is 0 Å². The van der Waals surface area contributed by atoms with Crippen molar-refractivity contribution in [3.63, 3.8) is 0 Å². The Morgan fingerprint density at radius 1 is 1.11 bits per heavy atom. The van der Waals surface area contributed by atoms with Crippen LogP contribution in [0.2, 0.25) is 0 Å². The van der Waals surface area contributed by atoms with E-state index in [-0.39, 0.29) is 12.3 Å². The van der Waals surface area contributed by atoms with Gasteiger partial charge in [-0.25, -0.2) is 14.8 Å². The molecule has 0 bridgehead atoms. The van der Waals surface area contributed by atoms with Gasteiger partial charge < -0.3 is 24.6 Å². The zero-order valence-electron chi connectivity index (χ0n) is 22.5. The van der Waals surface area contributed by atoms with Gasteiger partial charge in [0.05, 0.1) is 24.2 Å². The standard InChI is InChI=1S/C26H36N4O7/c1-13-22(29-16-11-14(35-8)9-10-15(16)27-13)36-18-12-17(23(32)33)28-19(18)20(31)21(25(2,3)4)30-24(34)37-26(5,6)7/h9-11,17-19,21,28H,12H2,1-8H3,(H,30,34)(H,32,33)/t17?,18?,19?,21-/m0/s1. The summed E-state index contributed by atoms with van der Waals surface area (Å²) in [4.78, 5) is 47.2. The molecule has 37 heavy (non-hydrogen) atoms. The number of aliphatic carboxylic acids is 1. The van der Waals surface area contributed by atoms with Crippen molar-refractivity contribution in [3.8, 4) is 11.6 Å². The van der Waals surface area contributed by atoms with Crippen LogP contribution in [0.5, 0.6) is 11.6 Å². The van der Waals surface area contributed by atoms with Gasteiger partial charge in [0.1, 0.15) is 35.2 Å². The lowest BCUT2D eigenvalue weighted by Gasteiger charge is -2.34. The molecule has 3 unspecified atom stereocenters. The maximum absolute atomic E-state index is 13.8. The van der Waals surface area contributed by atoms with Crippen LogP contribution in [-0.2, 0) is 14.3 Å². The molecular weight excluding hydrogens is 480 g/mol. The minimum absolute atomic E-state index is 0.0201. The first kappa shape index (κ1) is 28.1. The summed E-state index contributed by atoms with van der Waals surface area (Å²) in [6, 6.07) is 2.24. The number of fused-ring (bicyclic) bond motifs is 1. The Balaban J connectivity index is 1.92. The van der Waals surface area contributed by atoms with Gasteiger partial charge in [0.15, 0.2) is 5.78 Å². The molecule has 1 aromatic carbocycles. The fraction of sp³-hybridized carbons (Fsp3) is 0.577. The number of amides is 1. The molecule has 1 aliphatic heterocycles. The molecule has 11 heteroatoms. The summed E-state index contributed by atoms with van der Waals surface area (Å²) in [6.45, 7) is 12.3. The Hall–Kier alpha value is -3.47. The molecule has 1 fully saturated rings. The summed E-state index contributed by atoms with van der Waals surface area (Å²) >= 11 is 0. The summed E-state index contributed by atoms with van der Waals surface area (Å²) in [5, 5.41) is 15.2. The Bertz CT molecular complexity index is 1190. The van der Waals surface area contributed by atoms with Crippen LogP contribution in [0.1, 0.15) is 53.7 Å². The summed E-state index contributed by atoms with van der Waals surface area (Å²) in [7, 11) is 1.55. The minimum atomic E-state index is -1.11. The highest BCUT2D eigenvalue weighted by Gasteiger charge is 2.48. The third-order valence-corrected chi connectivity index (χ3v) is 5.90. The SMILES string of the molecule is COc1ccc2nc(C)c(OC3CC(C(=O)O)NC3C(=O)[C@H](NC(=O)OC(C)(C)C)C(C)(C)C)nc2c1. The number of methoxy groups -OCH3 is 1. The monoisotopic (exact) mass is 516 g/mol. The number of benzene rings is 1. The number of nitrogens with zero attached hydrogens (tertiary/aromatic N) is 2. The van der Waals surface area contributed by atoms with Gasteiger partial charge in [-0.15, -0.1) is 0 Å². The van der Waals surface area contributed by atoms with Crippen LogP contribution in [0.3, 0.4) is 0 Å². The number of ketones is 1. The molecule has 3 N–H and O–H groups in total. The van der Waals surface area contributed by atoms with Crippen LogP contribution in [0, 0.1) is 12.3 Å². The molecule has 0 spiro atoms. The third-order valence-electron chi connectivity index (χ3n) is 5.90. The van der Waals surface area contributed by atoms with E-state index in [1.54, 1.807) is 73.8 Å². The average Bonchev–Trinajstić information content (AvgIpc) is 3.19. The van der Waals surface area contributed by atoms with E-state index < -0.39 is 53.1 Å². The highest BCUT2D eigenvalue weighted by molar-refractivity contribution is 5.94. The highest BCUT2D eigenvalue weighted by Crippen LogP contribution is 2.29. The van der Waals surface area contributed by atoms with Crippen molar-refractivity contribution in [1.29, 1.82) is 0 Å². The van der Waals surface area contributed by atoms with Crippen molar-refractivity contribution in [1.82, 2.24) is 20.6 Å². The van der Waals surface area contributed by atoms with E-state index >= 15 is 0 Å². The average molecular weight is 517 g/mol. The van der Waals surface area contributed by atoms with Crippen LogP contribution in [0.15, 0.2) is 18.2 Å². The first-order valence-corrected chi connectivity index (χ1v) is 12.1. The predicted octanol–water partition coefficient (Wildman–Crippen LogP) is 3.02. The van der Waals surface area contributed by atoms with E-state index in [0.717, 1.165) is 0 Å². The molecule has 0 saturated carbocycles. The van der Waals surface area contributed by atoms with Crippen LogP contribution in [0.4, 0.5) is 4.79 Å². The number of aryl methyl sites for hydroxylation is 1. The van der Waals surface area contributed by atoms with Gasteiger partial charge in [-0.1, -0.05) is 20.8 Å². The van der Waals surface area contributed by atoms with Crippen molar-refractivity contribution in [2.45, 2.75) is 84.7 Å². The molecule has 1 aromatic heterocycles. The van der Waals surface area contributed by atoms with E-state index in [1.165, 1.54) is 0 Å². The fourth-order valence-corrected chi connectivity index (χ4v) is 4.12. The smallest absolute Gasteiger partial charge is 0.408 e. The Morgan fingerprint density at radius 3 is 2.35 bits per heavy atom. The number of carboxylic acid groups (broad SMARTS) is 1. The molecular formula is C26H36N4O7. The number of alkyl carbamates (subject to hydrolysis) is 1. The van der Waals surface area contributed by atoms with Crippen molar-refractivity contribution < 1.29 is 33.7 Å². The predicted molar refractivity (Wildman–Crippen MR) is 136 cm³/mol. The van der Waals surface area contributed by atoms with Crippen LogP contribution < -0.4 is 20.1 Å². The second kappa shape index (κ2) is 10.5. The molecule has 2 heterocycles. The van der Waals surface area contributed by atoms with Crippen molar-refractivity contribution in [2.75, 3.05) is 7.11 Å². The summed E-state index contributed by atoms with van der Waals surface area (Å²) in [5.74, 6) is -0.745. The van der Waals surface area contributed by atoms with Crippen LogP contribution in [0.25, 0.3) is 11.0 Å². The molecule has 2 aromatic rings. The lowest BCUT2D eigenvalue weighted by atomic mass is 9.81. The van der Waals surface area contributed by atoms with Gasteiger partial charge in [0.25, 0.3) is 0 Å². The van der Waals surface area contributed by atoms with Gasteiger partial charge >= 0.3 is 12.1 Å². The van der Waals surface area contributed by atoms with Gasteiger partial charge in [-0.05, 0) is 45.2 Å². The van der Waals surface area contributed by atoms with E-state index in [0.29, 0.717) is 22.5 Å². The second-order valence-corrected chi connectivity index (χ2v) is 11.2. The maximum atomic E-state index is 13.8. The van der Waals surface area contributed by atoms with Crippen LogP contribution >= 0.6 is 0 Å². The fourth-order valence-electron chi connectivity index (χ4n) is 4.12. The minimum Gasteiger partial charge on any atom is -0.497 e. The quantitative estimate of drug-likeness (QED) is 0.501. The zero-order chi connectivity index (χ0) is 27.7. The van der Waals surface area contributed by atoms with E-state index in [2.05, 4.69) is 20.6 Å². The third kappa shape index (κ3) is 6.85. The number of rotatable bonds is 7. The Labute approximate surface area is 216 Å². The molecule has 1 saturated heterocycles. The van der Waals surface area contributed by atoms with E-state index in [4.69, 9.17) is 14.2 Å². The number of carbonyl (C=O) groups excluding carboxylic acids is 2. The van der Waals surface area contributed by atoms with Gasteiger partial charge in [0, 0.05) is 12.5 Å². The molecule has 0 aliphatic carbocycles. The molecule has 1 amide bonds. The van der Waals surface area contributed by atoms with E-state index in [9.17, 15) is 19.5 Å². The number of carbonyl (C=O) groups is 3.